The highest BCUT2D eigenvalue weighted by molar-refractivity contribution is 5.02. The second kappa shape index (κ2) is 5.29. The van der Waals surface area contributed by atoms with Crippen molar-refractivity contribution in [2.75, 3.05) is 6.54 Å². The average Bonchev–Trinajstić information content (AvgIpc) is 2.19. The van der Waals surface area contributed by atoms with Crippen LogP contribution in [-0.2, 0) is 6.54 Å². The van der Waals surface area contributed by atoms with Crippen molar-refractivity contribution < 1.29 is 4.92 Å². The van der Waals surface area contributed by atoms with Gasteiger partial charge in [0.15, 0.2) is 0 Å². The lowest BCUT2D eigenvalue weighted by Gasteiger charge is -2.05. The summed E-state index contributed by atoms with van der Waals surface area (Å²) in [5, 5.41) is 13.3. The van der Waals surface area contributed by atoms with Gasteiger partial charge in [0.2, 0.25) is 6.04 Å². The van der Waals surface area contributed by atoms with Crippen LogP contribution in [0.3, 0.4) is 0 Å². The van der Waals surface area contributed by atoms with Gasteiger partial charge in [-0.15, -0.1) is 0 Å². The summed E-state index contributed by atoms with van der Waals surface area (Å²) < 4.78 is 0. The molecule has 0 aliphatic rings. The van der Waals surface area contributed by atoms with E-state index in [1.807, 2.05) is 18.2 Å². The molecule has 0 bridgehead atoms. The van der Waals surface area contributed by atoms with Crippen molar-refractivity contribution in [3.05, 3.63) is 40.2 Å². The molecule has 1 N–H and O–H groups in total. The number of rotatable bonds is 5. The van der Waals surface area contributed by atoms with Crippen LogP contribution >= 0.6 is 0 Å². The van der Waals surface area contributed by atoms with E-state index in [2.05, 4.69) is 10.3 Å². The summed E-state index contributed by atoms with van der Waals surface area (Å²) in [7, 11) is 0. The van der Waals surface area contributed by atoms with Crippen LogP contribution in [0.2, 0.25) is 0 Å². The van der Waals surface area contributed by atoms with Crippen LogP contribution in [0.25, 0.3) is 0 Å². The first kappa shape index (κ1) is 10.6. The van der Waals surface area contributed by atoms with Gasteiger partial charge >= 0.3 is 0 Å². The first-order valence-electron chi connectivity index (χ1n) is 4.44. The molecule has 1 atom stereocenters. The fourth-order valence-electron chi connectivity index (χ4n) is 0.986. The van der Waals surface area contributed by atoms with Crippen molar-refractivity contribution in [1.29, 1.82) is 0 Å². The molecule has 0 radical (unpaired) electrons. The van der Waals surface area contributed by atoms with E-state index in [1.165, 1.54) is 0 Å². The van der Waals surface area contributed by atoms with Gasteiger partial charge in [-0.2, -0.15) is 0 Å². The molecule has 0 spiro atoms. The van der Waals surface area contributed by atoms with E-state index in [1.54, 1.807) is 13.1 Å². The van der Waals surface area contributed by atoms with Gasteiger partial charge in [0.1, 0.15) is 0 Å². The number of pyridine rings is 1. The molecule has 5 heteroatoms. The van der Waals surface area contributed by atoms with Crippen molar-refractivity contribution in [2.45, 2.75) is 19.5 Å². The highest BCUT2D eigenvalue weighted by atomic mass is 16.6. The SMILES string of the molecule is CC(CNCc1ccccn1)[N+](=O)[O-]. The number of nitro groups is 1. The van der Waals surface area contributed by atoms with Crippen LogP contribution in [0.4, 0.5) is 0 Å². The first-order valence-corrected chi connectivity index (χ1v) is 4.44. The Kier molecular flexibility index (Phi) is 4.00. The van der Waals surface area contributed by atoms with Crippen LogP contribution in [0.1, 0.15) is 12.6 Å². The minimum Gasteiger partial charge on any atom is -0.305 e. The lowest BCUT2D eigenvalue weighted by Crippen LogP contribution is -2.30. The first-order chi connectivity index (χ1) is 6.70. The van der Waals surface area contributed by atoms with Crippen molar-refractivity contribution in [1.82, 2.24) is 10.3 Å². The summed E-state index contributed by atoms with van der Waals surface area (Å²) in [6.07, 6.45) is 1.70. The maximum Gasteiger partial charge on any atom is 0.222 e. The molecule has 1 unspecified atom stereocenters. The molecular weight excluding hydrogens is 182 g/mol. The Hall–Kier alpha value is -1.49. The topological polar surface area (TPSA) is 68.1 Å². The molecule has 1 heterocycles. The van der Waals surface area contributed by atoms with E-state index in [0.717, 1.165) is 5.69 Å². The molecule has 1 aromatic heterocycles. The number of nitrogens with zero attached hydrogens (tertiary/aromatic N) is 2. The van der Waals surface area contributed by atoms with E-state index in [4.69, 9.17) is 0 Å². The van der Waals surface area contributed by atoms with Gasteiger partial charge in [-0.25, -0.2) is 0 Å². The number of hydrogen-bond acceptors (Lipinski definition) is 4. The van der Waals surface area contributed by atoms with E-state index >= 15 is 0 Å². The lowest BCUT2D eigenvalue weighted by atomic mass is 10.3. The smallest absolute Gasteiger partial charge is 0.222 e. The molecule has 0 amide bonds. The third-order valence-corrected chi connectivity index (χ3v) is 1.83. The summed E-state index contributed by atoms with van der Waals surface area (Å²) in [4.78, 5) is 14.1. The monoisotopic (exact) mass is 195 g/mol. The second-order valence-electron chi connectivity index (χ2n) is 3.09. The van der Waals surface area contributed by atoms with Crippen molar-refractivity contribution in [3.8, 4) is 0 Å². The standard InChI is InChI=1S/C9H13N3O2/c1-8(12(13)14)6-10-7-9-4-2-3-5-11-9/h2-5,8,10H,6-7H2,1H3. The maximum absolute atomic E-state index is 10.3. The van der Waals surface area contributed by atoms with Crippen LogP contribution in [0, 0.1) is 10.1 Å². The van der Waals surface area contributed by atoms with Crippen molar-refractivity contribution >= 4 is 0 Å². The van der Waals surface area contributed by atoms with Gasteiger partial charge < -0.3 is 5.32 Å². The molecule has 1 rings (SSSR count). The molecule has 0 saturated carbocycles. The molecule has 0 fully saturated rings. The Morgan fingerprint density at radius 2 is 2.43 bits per heavy atom. The number of nitrogens with one attached hydrogen (secondary N) is 1. The fraction of sp³-hybridized carbons (Fsp3) is 0.444. The van der Waals surface area contributed by atoms with Gasteiger partial charge in [-0.3, -0.25) is 15.1 Å². The van der Waals surface area contributed by atoms with E-state index in [0.29, 0.717) is 13.1 Å². The molecular formula is C9H13N3O2. The molecule has 0 aliphatic carbocycles. The van der Waals surface area contributed by atoms with Gasteiger partial charge in [-0.05, 0) is 12.1 Å². The molecule has 1 aromatic rings. The molecule has 0 aromatic carbocycles. The van der Waals surface area contributed by atoms with Gasteiger partial charge in [0.25, 0.3) is 0 Å². The number of aromatic nitrogens is 1. The van der Waals surface area contributed by atoms with E-state index < -0.39 is 6.04 Å². The highest BCUT2D eigenvalue weighted by Crippen LogP contribution is 1.92. The van der Waals surface area contributed by atoms with Gasteiger partial charge in [0, 0.05) is 24.6 Å². The Balaban J connectivity index is 2.26. The van der Waals surface area contributed by atoms with Gasteiger partial charge in [-0.1, -0.05) is 6.07 Å². The van der Waals surface area contributed by atoms with Crippen LogP contribution < -0.4 is 5.32 Å². The predicted octanol–water partition coefficient (Wildman–Crippen LogP) is 0.836. The minimum atomic E-state index is -0.557. The Bertz CT molecular complexity index is 289. The zero-order chi connectivity index (χ0) is 10.4. The third kappa shape index (κ3) is 3.49. The Morgan fingerprint density at radius 3 is 3.00 bits per heavy atom. The predicted molar refractivity (Wildman–Crippen MR) is 52.4 cm³/mol. The Labute approximate surface area is 82.3 Å². The number of hydrogen-bond donors (Lipinski definition) is 1. The quantitative estimate of drug-likeness (QED) is 0.558. The van der Waals surface area contributed by atoms with Gasteiger partial charge in [0.05, 0.1) is 12.2 Å². The molecule has 5 nitrogen and oxygen atoms in total. The van der Waals surface area contributed by atoms with E-state index in [9.17, 15) is 10.1 Å². The normalized spacial score (nSPS) is 12.4. The second-order valence-corrected chi connectivity index (χ2v) is 3.09. The summed E-state index contributed by atoms with van der Waals surface area (Å²) >= 11 is 0. The summed E-state index contributed by atoms with van der Waals surface area (Å²) in [6.45, 7) is 2.51. The highest BCUT2D eigenvalue weighted by Gasteiger charge is 2.10. The largest absolute Gasteiger partial charge is 0.305 e. The summed E-state index contributed by atoms with van der Waals surface area (Å²) in [5.41, 5.74) is 0.892. The molecule has 76 valence electrons. The minimum absolute atomic E-state index is 0.300. The zero-order valence-corrected chi connectivity index (χ0v) is 8.01. The third-order valence-electron chi connectivity index (χ3n) is 1.83. The maximum atomic E-state index is 10.3. The average molecular weight is 195 g/mol. The van der Waals surface area contributed by atoms with Crippen molar-refractivity contribution in [3.63, 3.8) is 0 Å². The van der Waals surface area contributed by atoms with Crippen LogP contribution in [0.5, 0.6) is 0 Å². The zero-order valence-electron chi connectivity index (χ0n) is 8.01. The van der Waals surface area contributed by atoms with Crippen LogP contribution in [0.15, 0.2) is 24.4 Å². The lowest BCUT2D eigenvalue weighted by molar-refractivity contribution is -0.515. The molecule has 14 heavy (non-hydrogen) atoms. The van der Waals surface area contributed by atoms with Crippen molar-refractivity contribution in [2.24, 2.45) is 0 Å². The van der Waals surface area contributed by atoms with Crippen LogP contribution in [-0.4, -0.2) is 22.5 Å². The summed E-state index contributed by atoms with van der Waals surface area (Å²) in [5.74, 6) is 0. The van der Waals surface area contributed by atoms with E-state index in [-0.39, 0.29) is 4.92 Å². The molecule has 0 aliphatic heterocycles. The fourth-order valence-corrected chi connectivity index (χ4v) is 0.986. The molecule has 0 saturated heterocycles. The summed E-state index contributed by atoms with van der Waals surface area (Å²) in [6, 6.07) is 5.05. The Morgan fingerprint density at radius 1 is 1.64 bits per heavy atom.